The fourth-order valence-electron chi connectivity index (χ4n) is 1.81. The Bertz CT molecular complexity index is 812. The fourth-order valence-corrected chi connectivity index (χ4v) is 3.21. The molecule has 3 rings (SSSR count). The smallest absolute Gasteiger partial charge is 0.161 e. The van der Waals surface area contributed by atoms with Crippen LogP contribution in [-0.4, -0.2) is 9.97 Å². The molecule has 3 aromatic rings. The third kappa shape index (κ3) is 2.21. The van der Waals surface area contributed by atoms with Crippen LogP contribution in [0.2, 0.25) is 5.15 Å². The third-order valence-electron chi connectivity index (χ3n) is 2.79. The van der Waals surface area contributed by atoms with Gasteiger partial charge in [-0.2, -0.15) is 0 Å². The molecule has 102 valence electrons. The van der Waals surface area contributed by atoms with Crippen molar-refractivity contribution in [2.75, 3.05) is 0 Å². The van der Waals surface area contributed by atoms with E-state index in [1.807, 2.05) is 12.3 Å². The molecule has 0 bridgehead atoms. The van der Waals surface area contributed by atoms with Crippen molar-refractivity contribution in [1.82, 2.24) is 9.97 Å². The first kappa shape index (κ1) is 13.9. The second-order valence-corrected chi connectivity index (χ2v) is 6.22. The van der Waals surface area contributed by atoms with Gasteiger partial charge in [-0.25, -0.2) is 18.7 Å². The van der Waals surface area contributed by atoms with E-state index in [2.05, 4.69) is 25.9 Å². The molecule has 0 aliphatic rings. The highest BCUT2D eigenvalue weighted by atomic mass is 79.9. The Labute approximate surface area is 130 Å². The Kier molecular flexibility index (Phi) is 3.48. The highest BCUT2D eigenvalue weighted by molar-refractivity contribution is 9.10. The molecule has 0 fully saturated rings. The van der Waals surface area contributed by atoms with Gasteiger partial charge in [0.1, 0.15) is 11.6 Å². The van der Waals surface area contributed by atoms with Crippen LogP contribution in [0.4, 0.5) is 8.78 Å². The van der Waals surface area contributed by atoms with Gasteiger partial charge in [-0.1, -0.05) is 11.6 Å². The molecule has 0 N–H and O–H groups in total. The number of rotatable bonds is 1. The van der Waals surface area contributed by atoms with E-state index < -0.39 is 11.6 Å². The minimum atomic E-state index is -0.707. The molecule has 0 saturated heterocycles. The van der Waals surface area contributed by atoms with Crippen molar-refractivity contribution in [3.8, 4) is 11.4 Å². The van der Waals surface area contributed by atoms with Crippen molar-refractivity contribution in [2.24, 2.45) is 0 Å². The van der Waals surface area contributed by atoms with Gasteiger partial charge in [-0.3, -0.25) is 0 Å². The zero-order valence-corrected chi connectivity index (χ0v) is 13.2. The van der Waals surface area contributed by atoms with Crippen LogP contribution in [0.25, 0.3) is 21.6 Å². The number of aryl methyl sites for hydroxylation is 1. The van der Waals surface area contributed by atoms with Gasteiger partial charge in [0.25, 0.3) is 0 Å². The van der Waals surface area contributed by atoms with E-state index in [9.17, 15) is 8.78 Å². The zero-order valence-electron chi connectivity index (χ0n) is 10.0. The molecular formula is C13H6BrClF2N2S. The number of benzene rings is 1. The van der Waals surface area contributed by atoms with Crippen molar-refractivity contribution in [2.45, 2.75) is 6.92 Å². The number of aromatic nitrogens is 2. The van der Waals surface area contributed by atoms with Gasteiger partial charge in [-0.05, 0) is 45.9 Å². The van der Waals surface area contributed by atoms with E-state index in [0.29, 0.717) is 5.52 Å². The van der Waals surface area contributed by atoms with Crippen molar-refractivity contribution in [1.29, 1.82) is 0 Å². The number of thiophene rings is 1. The summed E-state index contributed by atoms with van der Waals surface area (Å²) in [6.07, 6.45) is 0. The molecule has 20 heavy (non-hydrogen) atoms. The second kappa shape index (κ2) is 5.02. The molecule has 1 aromatic carbocycles. The van der Waals surface area contributed by atoms with Gasteiger partial charge < -0.3 is 0 Å². The number of hydrogen-bond donors (Lipinski definition) is 0. The summed E-state index contributed by atoms with van der Waals surface area (Å²) in [5.41, 5.74) is 1.90. The predicted octanol–water partition coefficient (Wildman–Crippen LogP) is 5.36. The number of hydrogen-bond acceptors (Lipinski definition) is 3. The molecule has 2 nitrogen and oxygen atoms in total. The van der Waals surface area contributed by atoms with Gasteiger partial charge in [-0.15, -0.1) is 11.3 Å². The first-order valence-electron chi connectivity index (χ1n) is 5.53. The second-order valence-electron chi connectivity index (χ2n) is 4.19. The molecule has 2 heterocycles. The van der Waals surface area contributed by atoms with E-state index >= 15 is 0 Å². The minimum absolute atomic E-state index is 0.203. The maximum Gasteiger partial charge on any atom is 0.161 e. The monoisotopic (exact) mass is 374 g/mol. The van der Waals surface area contributed by atoms with Crippen LogP contribution in [0.5, 0.6) is 0 Å². The lowest BCUT2D eigenvalue weighted by molar-refractivity contribution is 0.572. The molecule has 0 aliphatic carbocycles. The van der Waals surface area contributed by atoms with E-state index in [0.717, 1.165) is 10.3 Å². The van der Waals surface area contributed by atoms with Crippen LogP contribution in [0, 0.1) is 18.6 Å². The Morgan fingerprint density at radius 1 is 1.20 bits per heavy atom. The minimum Gasteiger partial charge on any atom is -0.227 e. The van der Waals surface area contributed by atoms with Crippen molar-refractivity contribution < 1.29 is 8.78 Å². The van der Waals surface area contributed by atoms with Crippen LogP contribution < -0.4 is 0 Å². The summed E-state index contributed by atoms with van der Waals surface area (Å²) < 4.78 is 27.7. The number of nitrogens with zero attached hydrogens (tertiary/aromatic N) is 2. The molecule has 0 atom stereocenters. The average Bonchev–Trinajstić information content (AvgIpc) is 2.78. The zero-order chi connectivity index (χ0) is 14.4. The Hall–Kier alpha value is -1.11. The Balaban J connectivity index is 2.27. The van der Waals surface area contributed by atoms with Crippen LogP contribution in [-0.2, 0) is 0 Å². The normalized spacial score (nSPS) is 11.2. The Morgan fingerprint density at radius 3 is 2.50 bits per heavy atom. The van der Waals surface area contributed by atoms with Crippen LogP contribution in [0.15, 0.2) is 22.0 Å². The van der Waals surface area contributed by atoms with Gasteiger partial charge in [0, 0.05) is 5.56 Å². The molecular weight excluding hydrogens is 370 g/mol. The van der Waals surface area contributed by atoms with Gasteiger partial charge in [0.2, 0.25) is 0 Å². The average molecular weight is 376 g/mol. The van der Waals surface area contributed by atoms with Gasteiger partial charge in [0.15, 0.2) is 11.0 Å². The first-order chi connectivity index (χ1) is 9.47. The van der Waals surface area contributed by atoms with Crippen LogP contribution in [0.1, 0.15) is 5.56 Å². The summed E-state index contributed by atoms with van der Waals surface area (Å²) in [5.74, 6) is -1.21. The SMILES string of the molecule is Cc1csc2c(Cl)nc(-c3cc(F)c(Br)c(F)c3)nc12. The summed E-state index contributed by atoms with van der Waals surface area (Å²) in [6.45, 7) is 1.90. The summed E-state index contributed by atoms with van der Waals surface area (Å²) in [5, 5.41) is 2.20. The molecule has 7 heteroatoms. The quantitative estimate of drug-likeness (QED) is 0.422. The summed E-state index contributed by atoms with van der Waals surface area (Å²) >= 11 is 10.4. The van der Waals surface area contributed by atoms with Gasteiger partial charge >= 0.3 is 0 Å². The topological polar surface area (TPSA) is 25.8 Å². The van der Waals surface area contributed by atoms with Crippen molar-refractivity contribution >= 4 is 49.1 Å². The van der Waals surface area contributed by atoms with Gasteiger partial charge in [0.05, 0.1) is 14.7 Å². The largest absolute Gasteiger partial charge is 0.227 e. The number of halogens is 4. The molecule has 0 unspecified atom stereocenters. The molecule has 2 aromatic heterocycles. The summed E-state index contributed by atoms with van der Waals surface area (Å²) in [7, 11) is 0. The number of fused-ring (bicyclic) bond motifs is 1. The highest BCUT2D eigenvalue weighted by Gasteiger charge is 2.15. The van der Waals surface area contributed by atoms with E-state index in [1.165, 1.54) is 23.5 Å². The lowest BCUT2D eigenvalue weighted by atomic mass is 10.2. The lowest BCUT2D eigenvalue weighted by Gasteiger charge is -2.04. The maximum absolute atomic E-state index is 13.6. The van der Waals surface area contributed by atoms with Crippen molar-refractivity contribution in [3.05, 3.63) is 44.3 Å². The Morgan fingerprint density at radius 2 is 1.85 bits per heavy atom. The molecule has 0 spiro atoms. The van der Waals surface area contributed by atoms with E-state index in [-0.39, 0.29) is 21.0 Å². The first-order valence-corrected chi connectivity index (χ1v) is 7.58. The molecule has 0 radical (unpaired) electrons. The van der Waals surface area contributed by atoms with E-state index in [1.54, 1.807) is 0 Å². The third-order valence-corrected chi connectivity index (χ3v) is 5.03. The summed E-state index contributed by atoms with van der Waals surface area (Å²) in [4.78, 5) is 8.46. The fraction of sp³-hybridized carbons (Fsp3) is 0.0769. The summed E-state index contributed by atoms with van der Waals surface area (Å²) in [6, 6.07) is 2.35. The highest BCUT2D eigenvalue weighted by Crippen LogP contribution is 2.32. The standard InChI is InChI=1S/C13H6BrClF2N2S/c1-5-4-20-11-10(5)18-13(19-12(11)15)6-2-7(16)9(14)8(17)3-6/h2-4H,1H3. The van der Waals surface area contributed by atoms with Crippen LogP contribution in [0.3, 0.4) is 0 Å². The molecule has 0 saturated carbocycles. The molecule has 0 amide bonds. The van der Waals surface area contributed by atoms with E-state index in [4.69, 9.17) is 11.6 Å². The van der Waals surface area contributed by atoms with Crippen molar-refractivity contribution in [3.63, 3.8) is 0 Å². The predicted molar refractivity (Wildman–Crippen MR) is 80.2 cm³/mol. The maximum atomic E-state index is 13.6. The lowest BCUT2D eigenvalue weighted by Crippen LogP contribution is -1.94. The molecule has 0 aliphatic heterocycles. The van der Waals surface area contributed by atoms with Crippen LogP contribution >= 0.6 is 38.9 Å².